The zero-order valence-corrected chi connectivity index (χ0v) is 17.4. The quantitative estimate of drug-likeness (QED) is 0.444. The van der Waals surface area contributed by atoms with E-state index in [4.69, 9.17) is 5.11 Å². The summed E-state index contributed by atoms with van der Waals surface area (Å²) >= 11 is 0. The minimum atomic E-state index is -6.83. The van der Waals surface area contributed by atoms with Crippen LogP contribution in [0.3, 0.4) is 0 Å². The second-order valence-electron chi connectivity index (χ2n) is 8.11. The van der Waals surface area contributed by atoms with Crippen molar-refractivity contribution in [1.82, 2.24) is 4.90 Å². The SMILES string of the molecule is CC(C)CCN(C(=O)C(F)(F)C(F)(F)C(F)(F)F)[C@@](CCC(C)C)(CC(=O)O)C(=O)[O-]. The monoisotopic (exact) mass is 468 g/mol. The van der Waals surface area contributed by atoms with Crippen LogP contribution in [0.5, 0.6) is 0 Å². The lowest BCUT2D eigenvalue weighted by molar-refractivity contribution is -0.348. The van der Waals surface area contributed by atoms with Gasteiger partial charge in [-0.1, -0.05) is 27.7 Å². The summed E-state index contributed by atoms with van der Waals surface area (Å²) in [6.07, 6.45) is -9.62. The predicted molar refractivity (Wildman–Crippen MR) is 91.2 cm³/mol. The highest BCUT2D eigenvalue weighted by atomic mass is 19.4. The molecule has 0 bridgehead atoms. The molecule has 6 nitrogen and oxygen atoms in total. The summed E-state index contributed by atoms with van der Waals surface area (Å²) in [6, 6.07) is 0. The van der Waals surface area contributed by atoms with Gasteiger partial charge in [0.05, 0.1) is 17.9 Å². The van der Waals surface area contributed by atoms with Crippen molar-refractivity contribution in [2.24, 2.45) is 11.8 Å². The van der Waals surface area contributed by atoms with Gasteiger partial charge in [-0.05, 0) is 31.1 Å². The summed E-state index contributed by atoms with van der Waals surface area (Å²) < 4.78 is 93.0. The molecule has 0 aromatic rings. The largest absolute Gasteiger partial charge is 0.548 e. The van der Waals surface area contributed by atoms with Gasteiger partial charge in [0.15, 0.2) is 0 Å². The molecular weight excluding hydrogens is 443 g/mol. The Hall–Kier alpha value is -2.08. The molecule has 31 heavy (non-hydrogen) atoms. The van der Waals surface area contributed by atoms with Crippen molar-refractivity contribution in [2.75, 3.05) is 6.54 Å². The molecular formula is C18H25F7NO5-. The first kappa shape index (κ1) is 28.9. The third-order valence-electron chi connectivity index (χ3n) is 4.67. The van der Waals surface area contributed by atoms with Crippen molar-refractivity contribution < 1.29 is 55.3 Å². The molecule has 0 aromatic heterocycles. The van der Waals surface area contributed by atoms with Gasteiger partial charge in [-0.25, -0.2) is 0 Å². The number of hydrogen-bond acceptors (Lipinski definition) is 4. The Kier molecular flexibility index (Phi) is 9.35. The smallest absolute Gasteiger partial charge is 0.460 e. The Morgan fingerprint density at radius 2 is 1.35 bits per heavy atom. The number of carbonyl (C=O) groups is 3. The van der Waals surface area contributed by atoms with Crippen molar-refractivity contribution in [3.05, 3.63) is 0 Å². The third kappa shape index (κ3) is 6.45. The van der Waals surface area contributed by atoms with Gasteiger partial charge in [0.2, 0.25) is 0 Å². The Bertz CT molecular complexity index is 664. The molecule has 0 aliphatic heterocycles. The lowest BCUT2D eigenvalue weighted by Crippen LogP contribution is -2.69. The summed E-state index contributed by atoms with van der Waals surface area (Å²) in [6.45, 7) is 5.04. The molecule has 0 unspecified atom stereocenters. The van der Waals surface area contributed by atoms with Crippen molar-refractivity contribution in [2.45, 2.75) is 76.9 Å². The fourth-order valence-electron chi connectivity index (χ4n) is 2.76. The standard InChI is InChI=1S/C18H26F7NO5/c1-10(2)5-7-15(14(30)31,9-12(27)28)26(8-6-11(3)4)13(29)16(19,20)17(21,22)18(23,24)25/h10-11H,5-9H2,1-4H3,(H,27,28)(H,30,31)/p-1/t15-/m0/s1. The van der Waals surface area contributed by atoms with E-state index in [0.29, 0.717) is 0 Å². The second kappa shape index (κ2) is 10.0. The number of carboxylic acids is 2. The summed E-state index contributed by atoms with van der Waals surface area (Å²) in [7, 11) is 0. The van der Waals surface area contributed by atoms with E-state index in [1.165, 1.54) is 27.7 Å². The van der Waals surface area contributed by atoms with E-state index in [0.717, 1.165) is 0 Å². The normalized spacial score (nSPS) is 15.1. The Labute approximate surface area is 174 Å². The maximum absolute atomic E-state index is 14.2. The second-order valence-corrected chi connectivity index (χ2v) is 8.11. The predicted octanol–water partition coefficient (Wildman–Crippen LogP) is 3.09. The molecule has 0 aliphatic carbocycles. The lowest BCUT2D eigenvalue weighted by Gasteiger charge is -2.46. The molecule has 0 rings (SSSR count). The molecule has 0 saturated carbocycles. The molecule has 0 radical (unpaired) electrons. The van der Waals surface area contributed by atoms with Gasteiger partial charge < -0.3 is 19.9 Å². The average molecular weight is 468 g/mol. The van der Waals surface area contributed by atoms with Crippen LogP contribution in [-0.4, -0.2) is 58.0 Å². The minimum Gasteiger partial charge on any atom is -0.548 e. The van der Waals surface area contributed by atoms with Gasteiger partial charge >= 0.3 is 29.9 Å². The minimum absolute atomic E-state index is 0.173. The van der Waals surface area contributed by atoms with Crippen molar-refractivity contribution in [1.29, 1.82) is 0 Å². The van der Waals surface area contributed by atoms with E-state index < -0.39 is 71.6 Å². The van der Waals surface area contributed by atoms with Gasteiger partial charge in [0.25, 0.3) is 0 Å². The van der Waals surface area contributed by atoms with Gasteiger partial charge in [-0.3, -0.25) is 9.59 Å². The lowest BCUT2D eigenvalue weighted by atomic mass is 9.84. The first-order chi connectivity index (χ1) is 13.7. The highest BCUT2D eigenvalue weighted by molar-refractivity contribution is 5.93. The van der Waals surface area contributed by atoms with Gasteiger partial charge in [-0.15, -0.1) is 0 Å². The van der Waals surface area contributed by atoms with E-state index in [1.807, 2.05) is 0 Å². The number of carbonyl (C=O) groups excluding carboxylic acids is 2. The van der Waals surface area contributed by atoms with Crippen LogP contribution < -0.4 is 5.11 Å². The molecule has 0 spiro atoms. The molecule has 13 heteroatoms. The first-order valence-corrected chi connectivity index (χ1v) is 9.31. The molecule has 1 N–H and O–H groups in total. The number of alkyl halides is 7. The summed E-state index contributed by atoms with van der Waals surface area (Å²) in [5.41, 5.74) is -3.06. The van der Waals surface area contributed by atoms with Crippen LogP contribution in [-0.2, 0) is 14.4 Å². The van der Waals surface area contributed by atoms with E-state index in [-0.39, 0.29) is 18.8 Å². The van der Waals surface area contributed by atoms with Gasteiger partial charge in [-0.2, -0.15) is 30.7 Å². The van der Waals surface area contributed by atoms with Crippen molar-refractivity contribution in [3.63, 3.8) is 0 Å². The number of carboxylic acid groups (broad SMARTS) is 2. The molecule has 1 atom stereocenters. The van der Waals surface area contributed by atoms with Crippen LogP contribution in [0.1, 0.15) is 53.4 Å². The number of halogens is 7. The maximum atomic E-state index is 14.2. The van der Waals surface area contributed by atoms with E-state index >= 15 is 0 Å². The fourth-order valence-corrected chi connectivity index (χ4v) is 2.76. The maximum Gasteiger partial charge on any atom is 0.460 e. The molecule has 0 heterocycles. The number of hydrogen-bond donors (Lipinski definition) is 1. The Morgan fingerprint density at radius 3 is 1.68 bits per heavy atom. The van der Waals surface area contributed by atoms with Crippen molar-refractivity contribution in [3.8, 4) is 0 Å². The van der Waals surface area contributed by atoms with E-state index in [9.17, 15) is 50.2 Å². The zero-order valence-electron chi connectivity index (χ0n) is 17.4. The molecule has 1 amide bonds. The van der Waals surface area contributed by atoms with Crippen molar-refractivity contribution >= 4 is 17.8 Å². The highest BCUT2D eigenvalue weighted by Gasteiger charge is 2.77. The van der Waals surface area contributed by atoms with Gasteiger partial charge in [0, 0.05) is 6.54 Å². The van der Waals surface area contributed by atoms with Crippen LogP contribution in [0.25, 0.3) is 0 Å². The zero-order chi connectivity index (χ0) is 25.0. The number of nitrogens with zero attached hydrogens (tertiary/aromatic N) is 1. The fraction of sp³-hybridized carbons (Fsp3) is 0.833. The first-order valence-electron chi connectivity index (χ1n) is 9.31. The van der Waals surface area contributed by atoms with E-state index in [1.54, 1.807) is 0 Å². The summed E-state index contributed by atoms with van der Waals surface area (Å²) in [4.78, 5) is 35.2. The highest BCUT2D eigenvalue weighted by Crippen LogP contribution is 2.48. The molecule has 0 fully saturated rings. The third-order valence-corrected chi connectivity index (χ3v) is 4.67. The van der Waals surface area contributed by atoms with Crippen LogP contribution in [0, 0.1) is 11.8 Å². The number of rotatable bonds is 12. The summed E-state index contributed by atoms with van der Waals surface area (Å²) in [5.74, 6) is -21.4. The van der Waals surface area contributed by atoms with E-state index in [2.05, 4.69) is 0 Å². The topological polar surface area (TPSA) is 97.7 Å². The van der Waals surface area contributed by atoms with Gasteiger partial charge in [0.1, 0.15) is 0 Å². The van der Waals surface area contributed by atoms with Crippen LogP contribution in [0.4, 0.5) is 30.7 Å². The van der Waals surface area contributed by atoms with Crippen LogP contribution >= 0.6 is 0 Å². The van der Waals surface area contributed by atoms with Crippen LogP contribution in [0.15, 0.2) is 0 Å². The van der Waals surface area contributed by atoms with Crippen LogP contribution in [0.2, 0.25) is 0 Å². The number of amides is 1. The average Bonchev–Trinajstić information content (AvgIpc) is 2.56. The Morgan fingerprint density at radius 1 is 0.903 bits per heavy atom. The molecule has 182 valence electrons. The molecule has 0 saturated heterocycles. The summed E-state index contributed by atoms with van der Waals surface area (Å²) in [5, 5.41) is 21.0. The molecule has 0 aliphatic rings. The number of aliphatic carboxylic acids is 2. The molecule has 0 aromatic carbocycles. The Balaban J connectivity index is 6.75.